The number of benzene rings is 2. The van der Waals surface area contributed by atoms with Crippen molar-refractivity contribution in [1.82, 2.24) is 15.1 Å². The molecule has 3 aromatic rings. The monoisotopic (exact) mass is 425 g/mol. The van der Waals surface area contributed by atoms with Crippen LogP contribution in [0.3, 0.4) is 0 Å². The third-order valence-corrected chi connectivity index (χ3v) is 5.75. The number of carboxylic acid groups (broad SMARTS) is 1. The molecule has 2 aromatic carbocycles. The Morgan fingerprint density at radius 3 is 2.30 bits per heavy atom. The second-order valence-corrected chi connectivity index (χ2v) is 7.49. The van der Waals surface area contributed by atoms with Crippen molar-refractivity contribution in [3.05, 3.63) is 76.6 Å². The predicted octanol–water partition coefficient (Wildman–Crippen LogP) is 4.13. The summed E-state index contributed by atoms with van der Waals surface area (Å²) in [5.41, 5.74) is 4.89. The summed E-state index contributed by atoms with van der Waals surface area (Å²) >= 11 is 6.18. The maximum atomic E-state index is 12.5. The van der Waals surface area contributed by atoms with E-state index in [0.29, 0.717) is 5.56 Å². The van der Waals surface area contributed by atoms with Gasteiger partial charge in [0.2, 0.25) is 0 Å². The third-order valence-electron chi connectivity index (χ3n) is 5.28. The Morgan fingerprint density at radius 1 is 1.17 bits per heavy atom. The maximum Gasteiger partial charge on any atom is 0.407 e. The van der Waals surface area contributed by atoms with Gasteiger partial charge in [-0.1, -0.05) is 60.1 Å². The Kier molecular flexibility index (Phi) is 5.46. The van der Waals surface area contributed by atoms with Gasteiger partial charge in [-0.15, -0.1) is 0 Å². The van der Waals surface area contributed by atoms with Gasteiger partial charge in [0.1, 0.15) is 11.8 Å². The average Bonchev–Trinajstić information content (AvgIpc) is 3.23. The van der Waals surface area contributed by atoms with E-state index in [4.69, 9.17) is 16.3 Å². The number of fused-ring (bicyclic) bond motifs is 3. The van der Waals surface area contributed by atoms with E-state index >= 15 is 0 Å². The van der Waals surface area contributed by atoms with Crippen LogP contribution in [0, 0.1) is 0 Å². The van der Waals surface area contributed by atoms with Crippen LogP contribution in [0.2, 0.25) is 5.15 Å². The minimum Gasteiger partial charge on any atom is -0.481 e. The van der Waals surface area contributed by atoms with Crippen molar-refractivity contribution in [3.63, 3.8) is 0 Å². The fourth-order valence-electron chi connectivity index (χ4n) is 3.87. The molecule has 0 aliphatic heterocycles. The summed E-state index contributed by atoms with van der Waals surface area (Å²) in [6.07, 6.45) is 0.401. The molecule has 4 rings (SSSR count). The van der Waals surface area contributed by atoms with E-state index in [-0.39, 0.29) is 24.1 Å². The molecule has 1 atom stereocenters. The standard InChI is InChI=1S/C22H20ClN3O4/c1-26-21(23)17(11-24-26)19(10-20(27)28)25-22(29)30-12-18-15-8-4-2-6-13(15)14-7-3-5-9-16(14)18/h2-9,11,18-19H,10,12H2,1H3,(H,25,29)(H,27,28). The molecule has 0 spiro atoms. The van der Waals surface area contributed by atoms with Gasteiger partial charge in [-0.25, -0.2) is 4.79 Å². The van der Waals surface area contributed by atoms with Crippen LogP contribution >= 0.6 is 11.6 Å². The number of ether oxygens (including phenoxy) is 1. The molecule has 1 unspecified atom stereocenters. The highest BCUT2D eigenvalue weighted by Gasteiger charge is 2.30. The normalized spacial score (nSPS) is 13.4. The topological polar surface area (TPSA) is 93.5 Å². The molecule has 154 valence electrons. The molecule has 0 fully saturated rings. The zero-order valence-corrected chi connectivity index (χ0v) is 17.0. The number of aryl methyl sites for hydroxylation is 1. The first-order chi connectivity index (χ1) is 14.5. The predicted molar refractivity (Wildman–Crippen MR) is 111 cm³/mol. The van der Waals surface area contributed by atoms with Crippen LogP contribution in [0.4, 0.5) is 4.79 Å². The second kappa shape index (κ2) is 8.20. The summed E-state index contributed by atoms with van der Waals surface area (Å²) in [4.78, 5) is 23.8. The molecule has 1 aromatic heterocycles. The number of aliphatic carboxylic acids is 1. The highest BCUT2D eigenvalue weighted by atomic mass is 35.5. The van der Waals surface area contributed by atoms with Gasteiger partial charge in [-0.05, 0) is 22.3 Å². The lowest BCUT2D eigenvalue weighted by Gasteiger charge is -2.18. The van der Waals surface area contributed by atoms with Crippen molar-refractivity contribution in [2.24, 2.45) is 7.05 Å². The Balaban J connectivity index is 1.49. The number of carbonyl (C=O) groups is 2. The molecule has 1 aliphatic carbocycles. The maximum absolute atomic E-state index is 12.5. The van der Waals surface area contributed by atoms with Gasteiger partial charge >= 0.3 is 12.1 Å². The van der Waals surface area contributed by atoms with Crippen LogP contribution in [0.5, 0.6) is 0 Å². The smallest absolute Gasteiger partial charge is 0.407 e. The van der Waals surface area contributed by atoms with Gasteiger partial charge in [-0.3, -0.25) is 9.48 Å². The van der Waals surface area contributed by atoms with Crippen molar-refractivity contribution in [2.75, 3.05) is 6.61 Å². The number of rotatable bonds is 6. The number of nitrogens with zero attached hydrogens (tertiary/aromatic N) is 2. The Hall–Kier alpha value is -3.32. The van der Waals surface area contributed by atoms with E-state index in [0.717, 1.165) is 22.3 Å². The minimum atomic E-state index is -1.07. The van der Waals surface area contributed by atoms with Crippen LogP contribution in [0.1, 0.15) is 35.1 Å². The molecule has 30 heavy (non-hydrogen) atoms. The number of halogens is 1. The van der Waals surface area contributed by atoms with Crippen LogP contribution in [0.25, 0.3) is 11.1 Å². The molecule has 7 nitrogen and oxygen atoms in total. The highest BCUT2D eigenvalue weighted by Crippen LogP contribution is 2.44. The van der Waals surface area contributed by atoms with Crippen molar-refractivity contribution < 1.29 is 19.4 Å². The van der Waals surface area contributed by atoms with Gasteiger partial charge in [0.05, 0.1) is 18.7 Å². The average molecular weight is 426 g/mol. The summed E-state index contributed by atoms with van der Waals surface area (Å²) in [5.74, 6) is -1.15. The van der Waals surface area contributed by atoms with Crippen molar-refractivity contribution in [1.29, 1.82) is 0 Å². The largest absolute Gasteiger partial charge is 0.481 e. The van der Waals surface area contributed by atoms with Gasteiger partial charge in [-0.2, -0.15) is 5.10 Å². The Bertz CT molecular complexity index is 1070. The lowest BCUT2D eigenvalue weighted by atomic mass is 9.98. The van der Waals surface area contributed by atoms with Crippen LogP contribution in [0.15, 0.2) is 54.7 Å². The van der Waals surface area contributed by atoms with Gasteiger partial charge in [0.25, 0.3) is 0 Å². The van der Waals surface area contributed by atoms with E-state index in [1.54, 1.807) is 7.05 Å². The molecular formula is C22H20ClN3O4. The summed E-state index contributed by atoms with van der Waals surface area (Å²) < 4.78 is 6.91. The molecule has 8 heteroatoms. The van der Waals surface area contributed by atoms with E-state index in [1.165, 1.54) is 10.9 Å². The number of hydrogen-bond donors (Lipinski definition) is 2. The molecular weight excluding hydrogens is 406 g/mol. The molecule has 1 heterocycles. The number of hydrogen-bond acceptors (Lipinski definition) is 4. The summed E-state index contributed by atoms with van der Waals surface area (Å²) in [6.45, 7) is 0.139. The molecule has 0 radical (unpaired) electrons. The summed E-state index contributed by atoms with van der Waals surface area (Å²) in [7, 11) is 1.64. The lowest BCUT2D eigenvalue weighted by Crippen LogP contribution is -2.31. The van der Waals surface area contributed by atoms with E-state index in [1.807, 2.05) is 36.4 Å². The number of alkyl carbamates (subject to hydrolysis) is 1. The summed E-state index contributed by atoms with van der Waals surface area (Å²) in [6, 6.07) is 15.2. The SMILES string of the molecule is Cn1ncc(C(CC(=O)O)NC(=O)OCC2c3ccccc3-c3ccccc32)c1Cl. The van der Waals surface area contributed by atoms with E-state index in [9.17, 15) is 14.7 Å². The van der Waals surface area contributed by atoms with Crippen LogP contribution in [-0.4, -0.2) is 33.6 Å². The Labute approximate surface area is 178 Å². The quantitative estimate of drug-likeness (QED) is 0.619. The van der Waals surface area contributed by atoms with Crippen LogP contribution < -0.4 is 5.32 Å². The first-order valence-corrected chi connectivity index (χ1v) is 9.84. The highest BCUT2D eigenvalue weighted by molar-refractivity contribution is 6.30. The number of amides is 1. The molecule has 0 bridgehead atoms. The van der Waals surface area contributed by atoms with Crippen molar-refractivity contribution >= 4 is 23.7 Å². The second-order valence-electron chi connectivity index (χ2n) is 7.13. The number of carboxylic acids is 1. The molecule has 1 aliphatic rings. The zero-order valence-electron chi connectivity index (χ0n) is 16.2. The zero-order chi connectivity index (χ0) is 21.3. The number of nitrogens with one attached hydrogen (secondary N) is 1. The molecule has 1 amide bonds. The van der Waals surface area contributed by atoms with E-state index < -0.39 is 18.1 Å². The molecule has 2 N–H and O–H groups in total. The van der Waals surface area contributed by atoms with Crippen molar-refractivity contribution in [3.8, 4) is 11.1 Å². The minimum absolute atomic E-state index is 0.0805. The number of carbonyl (C=O) groups excluding carboxylic acids is 1. The van der Waals surface area contributed by atoms with Gasteiger partial charge < -0.3 is 15.2 Å². The fraction of sp³-hybridized carbons (Fsp3) is 0.227. The summed E-state index contributed by atoms with van der Waals surface area (Å²) in [5, 5.41) is 16.1. The Morgan fingerprint density at radius 2 is 1.77 bits per heavy atom. The van der Waals surface area contributed by atoms with E-state index in [2.05, 4.69) is 22.5 Å². The lowest BCUT2D eigenvalue weighted by molar-refractivity contribution is -0.137. The molecule has 0 saturated carbocycles. The fourth-order valence-corrected chi connectivity index (χ4v) is 4.09. The third kappa shape index (κ3) is 3.76. The first kappa shape index (κ1) is 20.0. The number of aromatic nitrogens is 2. The van der Waals surface area contributed by atoms with Gasteiger partial charge in [0.15, 0.2) is 0 Å². The molecule has 0 saturated heterocycles. The van der Waals surface area contributed by atoms with Crippen molar-refractivity contribution in [2.45, 2.75) is 18.4 Å². The van der Waals surface area contributed by atoms with Crippen LogP contribution in [-0.2, 0) is 16.6 Å². The first-order valence-electron chi connectivity index (χ1n) is 9.46. The van der Waals surface area contributed by atoms with Gasteiger partial charge in [0, 0.05) is 18.5 Å².